The summed E-state index contributed by atoms with van der Waals surface area (Å²) in [4.78, 5) is 15.4. The molecule has 3 aromatic rings. The van der Waals surface area contributed by atoms with E-state index in [0.717, 1.165) is 27.6 Å². The van der Waals surface area contributed by atoms with Gasteiger partial charge in [0.25, 0.3) is 0 Å². The molecule has 8 heteroatoms. The Balaban J connectivity index is 1.58. The van der Waals surface area contributed by atoms with Crippen molar-refractivity contribution in [3.63, 3.8) is 0 Å². The summed E-state index contributed by atoms with van der Waals surface area (Å²) in [6.07, 6.45) is -0.491. The Labute approximate surface area is 180 Å². The van der Waals surface area contributed by atoms with Crippen molar-refractivity contribution in [3.8, 4) is 5.75 Å². The topological polar surface area (TPSA) is 81.8 Å². The maximum atomic E-state index is 12.0. The number of hydrogen-bond donors (Lipinski definition) is 2. The van der Waals surface area contributed by atoms with E-state index in [1.54, 1.807) is 0 Å². The second kappa shape index (κ2) is 10.5. The Morgan fingerprint density at radius 1 is 0.935 bits per heavy atom. The van der Waals surface area contributed by atoms with Gasteiger partial charge in [0, 0.05) is 28.0 Å². The third-order valence-electron chi connectivity index (χ3n) is 4.31. The van der Waals surface area contributed by atoms with Crippen molar-refractivity contribution in [2.75, 3.05) is 45.0 Å². The van der Waals surface area contributed by atoms with E-state index in [0.29, 0.717) is 32.1 Å². The fourth-order valence-corrected chi connectivity index (χ4v) is 3.07. The maximum absolute atomic E-state index is 12.0. The Hall–Kier alpha value is -2.84. The lowest BCUT2D eigenvalue weighted by molar-refractivity contribution is 0.0325. The fraction of sp³-hybridized carbons (Fsp3) is 0.435. The van der Waals surface area contributed by atoms with Crippen molar-refractivity contribution in [2.24, 2.45) is 0 Å². The summed E-state index contributed by atoms with van der Waals surface area (Å²) >= 11 is 0. The van der Waals surface area contributed by atoms with Crippen molar-refractivity contribution in [1.29, 1.82) is 0 Å². The Morgan fingerprint density at radius 3 is 2.29 bits per heavy atom. The first-order valence-corrected chi connectivity index (χ1v) is 10.3. The molecule has 0 spiro atoms. The van der Waals surface area contributed by atoms with E-state index in [9.17, 15) is 9.18 Å². The predicted octanol–water partition coefficient (Wildman–Crippen LogP) is 5.05. The quantitative estimate of drug-likeness (QED) is 0.438. The molecule has 168 valence electrons. The van der Waals surface area contributed by atoms with E-state index in [-0.39, 0.29) is 6.61 Å². The molecule has 0 radical (unpaired) electrons. The van der Waals surface area contributed by atoms with Gasteiger partial charge in [-0.05, 0) is 45.0 Å². The van der Waals surface area contributed by atoms with Crippen LogP contribution >= 0.6 is 0 Å². The minimum Gasteiger partial charge on any atom is -0.491 e. The molecule has 7 nitrogen and oxygen atoms in total. The zero-order valence-corrected chi connectivity index (χ0v) is 18.1. The molecular formula is C23H29FN2O5. The van der Waals surface area contributed by atoms with Crippen LogP contribution in [0.25, 0.3) is 21.8 Å². The van der Waals surface area contributed by atoms with E-state index in [1.807, 2.05) is 57.2 Å². The highest BCUT2D eigenvalue weighted by molar-refractivity contribution is 6.08. The van der Waals surface area contributed by atoms with Crippen molar-refractivity contribution < 1.29 is 28.1 Å². The number of ether oxygens (including phenoxy) is 4. The van der Waals surface area contributed by atoms with Crippen LogP contribution in [0.15, 0.2) is 36.4 Å². The molecule has 0 aliphatic rings. The van der Waals surface area contributed by atoms with Crippen LogP contribution in [0, 0.1) is 0 Å². The van der Waals surface area contributed by atoms with E-state index < -0.39 is 18.4 Å². The summed E-state index contributed by atoms with van der Waals surface area (Å²) in [6.45, 7) is 6.68. The van der Waals surface area contributed by atoms with Gasteiger partial charge in [0.2, 0.25) is 0 Å². The van der Waals surface area contributed by atoms with Gasteiger partial charge in [-0.25, -0.2) is 9.18 Å². The number of amides is 1. The maximum Gasteiger partial charge on any atom is 0.412 e. The van der Waals surface area contributed by atoms with E-state index in [2.05, 4.69) is 10.3 Å². The van der Waals surface area contributed by atoms with E-state index in [1.165, 1.54) is 0 Å². The highest BCUT2D eigenvalue weighted by Crippen LogP contribution is 2.30. The number of benzene rings is 2. The molecule has 0 atom stereocenters. The third kappa shape index (κ3) is 6.83. The number of carbonyl (C=O) groups is 1. The Bertz CT molecular complexity index is 1010. The smallest absolute Gasteiger partial charge is 0.412 e. The van der Waals surface area contributed by atoms with Gasteiger partial charge in [0.1, 0.15) is 24.6 Å². The lowest BCUT2D eigenvalue weighted by Gasteiger charge is -2.19. The monoisotopic (exact) mass is 432 g/mol. The molecule has 0 saturated carbocycles. The number of hydrogen-bond acceptors (Lipinski definition) is 5. The van der Waals surface area contributed by atoms with Gasteiger partial charge in [-0.3, -0.25) is 5.32 Å². The number of halogens is 1. The average Bonchev–Trinajstić information content (AvgIpc) is 3.05. The predicted molar refractivity (Wildman–Crippen MR) is 119 cm³/mol. The van der Waals surface area contributed by atoms with Crippen LogP contribution in [-0.4, -0.2) is 56.4 Å². The van der Waals surface area contributed by atoms with Crippen LogP contribution in [0.4, 0.5) is 14.9 Å². The number of carbonyl (C=O) groups excluding carboxylic acids is 1. The molecule has 0 saturated heterocycles. The minimum atomic E-state index is -0.556. The average molecular weight is 432 g/mol. The number of alkyl halides is 1. The first kappa shape index (κ1) is 22.8. The fourth-order valence-electron chi connectivity index (χ4n) is 3.07. The molecule has 1 heterocycles. The standard InChI is InChI=1S/C23H29FN2O5/c1-23(2,3)31-22(27)25-16-4-6-18-19-7-5-17(15-21(19)26-20(18)14-16)30-13-12-29-11-10-28-9-8-24/h4-7,14-15,26H,8-13H2,1-3H3,(H,25,27). The summed E-state index contributed by atoms with van der Waals surface area (Å²) < 4.78 is 33.3. The van der Waals surface area contributed by atoms with Crippen LogP contribution < -0.4 is 10.1 Å². The first-order valence-electron chi connectivity index (χ1n) is 10.3. The third-order valence-corrected chi connectivity index (χ3v) is 4.31. The normalized spacial score (nSPS) is 11.7. The Kier molecular flexibility index (Phi) is 7.70. The highest BCUT2D eigenvalue weighted by Gasteiger charge is 2.16. The summed E-state index contributed by atoms with van der Waals surface area (Å²) in [5, 5.41) is 4.87. The summed E-state index contributed by atoms with van der Waals surface area (Å²) in [5.74, 6) is 0.725. The summed E-state index contributed by atoms with van der Waals surface area (Å²) in [5.41, 5.74) is 1.93. The van der Waals surface area contributed by atoms with Gasteiger partial charge in [-0.15, -0.1) is 0 Å². The second-order valence-corrected chi connectivity index (χ2v) is 7.98. The number of H-pyrrole nitrogens is 1. The molecule has 1 aromatic heterocycles. The van der Waals surface area contributed by atoms with Crippen molar-refractivity contribution in [2.45, 2.75) is 26.4 Å². The van der Waals surface area contributed by atoms with Gasteiger partial charge < -0.3 is 23.9 Å². The van der Waals surface area contributed by atoms with Crippen molar-refractivity contribution in [3.05, 3.63) is 36.4 Å². The number of aromatic nitrogens is 1. The molecule has 0 aliphatic heterocycles. The lowest BCUT2D eigenvalue weighted by atomic mass is 10.1. The molecule has 0 fully saturated rings. The molecular weight excluding hydrogens is 403 g/mol. The van der Waals surface area contributed by atoms with E-state index in [4.69, 9.17) is 18.9 Å². The summed E-state index contributed by atoms with van der Waals surface area (Å²) in [7, 11) is 0. The molecule has 2 N–H and O–H groups in total. The number of anilines is 1. The zero-order valence-electron chi connectivity index (χ0n) is 18.1. The molecule has 2 aromatic carbocycles. The van der Waals surface area contributed by atoms with Crippen LogP contribution in [0.3, 0.4) is 0 Å². The van der Waals surface area contributed by atoms with Gasteiger partial charge in [-0.1, -0.05) is 6.07 Å². The van der Waals surface area contributed by atoms with Gasteiger partial charge in [0.15, 0.2) is 0 Å². The Morgan fingerprint density at radius 2 is 1.58 bits per heavy atom. The van der Waals surface area contributed by atoms with Crippen molar-refractivity contribution >= 4 is 33.6 Å². The number of nitrogens with one attached hydrogen (secondary N) is 2. The van der Waals surface area contributed by atoms with Crippen LogP contribution in [0.5, 0.6) is 5.75 Å². The molecule has 1 amide bonds. The molecule has 31 heavy (non-hydrogen) atoms. The van der Waals surface area contributed by atoms with Crippen LogP contribution in [0.1, 0.15) is 20.8 Å². The molecule has 0 unspecified atom stereocenters. The second-order valence-electron chi connectivity index (χ2n) is 7.98. The molecule has 0 bridgehead atoms. The van der Waals surface area contributed by atoms with Crippen LogP contribution in [-0.2, 0) is 14.2 Å². The minimum absolute atomic E-state index is 0.100. The number of aromatic amines is 1. The van der Waals surface area contributed by atoms with Crippen molar-refractivity contribution in [1.82, 2.24) is 4.98 Å². The number of fused-ring (bicyclic) bond motifs is 3. The van der Waals surface area contributed by atoms with E-state index >= 15 is 0 Å². The first-order chi connectivity index (χ1) is 14.9. The molecule has 3 rings (SSSR count). The summed E-state index contributed by atoms with van der Waals surface area (Å²) in [6, 6.07) is 11.5. The van der Waals surface area contributed by atoms with Gasteiger partial charge >= 0.3 is 6.09 Å². The largest absolute Gasteiger partial charge is 0.491 e. The van der Waals surface area contributed by atoms with Crippen LogP contribution in [0.2, 0.25) is 0 Å². The SMILES string of the molecule is CC(C)(C)OC(=O)Nc1ccc2c(c1)[nH]c1cc(OCCOCCOCCF)ccc12. The number of rotatable bonds is 10. The van der Waals surface area contributed by atoms with Gasteiger partial charge in [-0.2, -0.15) is 0 Å². The lowest BCUT2D eigenvalue weighted by Crippen LogP contribution is -2.27. The highest BCUT2D eigenvalue weighted by atomic mass is 19.1. The van der Waals surface area contributed by atoms with Gasteiger partial charge in [0.05, 0.1) is 31.9 Å². The zero-order chi connectivity index (χ0) is 22.3. The molecule has 0 aliphatic carbocycles.